The minimum atomic E-state index is -1.11. The van der Waals surface area contributed by atoms with Gasteiger partial charge in [-0.1, -0.05) is 26.0 Å². The molecule has 0 bridgehead atoms. The highest BCUT2D eigenvalue weighted by Crippen LogP contribution is 2.15. The fourth-order valence-electron chi connectivity index (χ4n) is 1.87. The van der Waals surface area contributed by atoms with Crippen molar-refractivity contribution >= 4 is 12.1 Å². The summed E-state index contributed by atoms with van der Waals surface area (Å²) in [5.74, 6) is 0.0551. The molecule has 6 nitrogen and oxygen atoms in total. The Labute approximate surface area is 143 Å². The van der Waals surface area contributed by atoms with E-state index in [9.17, 15) is 14.7 Å². The Morgan fingerprint density at radius 2 is 1.75 bits per heavy atom. The molecule has 24 heavy (non-hydrogen) atoms. The van der Waals surface area contributed by atoms with E-state index in [-0.39, 0.29) is 6.42 Å². The van der Waals surface area contributed by atoms with Crippen molar-refractivity contribution in [1.29, 1.82) is 0 Å². The molecule has 0 unspecified atom stereocenters. The number of alkyl carbamates (subject to hydrolysis) is 1. The van der Waals surface area contributed by atoms with Crippen molar-refractivity contribution in [2.45, 2.75) is 52.7 Å². The normalized spacial score (nSPS) is 12.6. The second-order valence-electron chi connectivity index (χ2n) is 7.09. The van der Waals surface area contributed by atoms with E-state index in [0.717, 1.165) is 11.3 Å². The fraction of sp³-hybridized carbons (Fsp3) is 0.556. The minimum Gasteiger partial charge on any atom is -0.493 e. The number of carbonyl (C=O) groups excluding carboxylic acids is 1. The maximum absolute atomic E-state index is 11.8. The monoisotopic (exact) mass is 337 g/mol. The summed E-state index contributed by atoms with van der Waals surface area (Å²) in [5.41, 5.74) is 0.109. The van der Waals surface area contributed by atoms with Crippen LogP contribution in [-0.2, 0) is 16.0 Å². The van der Waals surface area contributed by atoms with Crippen LogP contribution in [0.3, 0.4) is 0 Å². The van der Waals surface area contributed by atoms with Crippen molar-refractivity contribution < 1.29 is 24.2 Å². The number of aliphatic carboxylic acids is 1. The Bertz CT molecular complexity index is 546. The van der Waals surface area contributed by atoms with E-state index in [4.69, 9.17) is 9.47 Å². The first-order valence-corrected chi connectivity index (χ1v) is 8.01. The van der Waals surface area contributed by atoms with Crippen molar-refractivity contribution in [2.24, 2.45) is 5.92 Å². The number of nitrogens with one attached hydrogen (secondary N) is 1. The molecule has 1 aromatic rings. The molecule has 1 aromatic carbocycles. The van der Waals surface area contributed by atoms with Crippen LogP contribution in [0.2, 0.25) is 0 Å². The lowest BCUT2D eigenvalue weighted by Crippen LogP contribution is -2.44. The number of ether oxygens (including phenoxy) is 2. The molecular formula is C18H27NO5. The molecule has 0 aromatic heterocycles. The van der Waals surface area contributed by atoms with Gasteiger partial charge < -0.3 is 19.9 Å². The molecule has 0 spiro atoms. The van der Waals surface area contributed by atoms with Crippen LogP contribution in [0.25, 0.3) is 0 Å². The van der Waals surface area contributed by atoms with Crippen molar-refractivity contribution in [3.05, 3.63) is 29.8 Å². The van der Waals surface area contributed by atoms with Crippen molar-refractivity contribution in [3.8, 4) is 5.75 Å². The van der Waals surface area contributed by atoms with Crippen molar-refractivity contribution in [2.75, 3.05) is 6.61 Å². The van der Waals surface area contributed by atoms with Gasteiger partial charge in [0.1, 0.15) is 17.4 Å². The summed E-state index contributed by atoms with van der Waals surface area (Å²) in [5, 5.41) is 11.7. The molecule has 0 aliphatic rings. The molecule has 0 saturated heterocycles. The number of rotatable bonds is 7. The standard InChI is InChI=1S/C18H27NO5/c1-12(2)11-23-14-8-6-13(7-9-14)10-15(16(20)21)19-17(22)24-18(3,4)5/h6-9,12,15H,10-11H2,1-5H3,(H,19,22)(H,20,21)/t15-/m0/s1. The molecule has 0 aliphatic carbocycles. The maximum atomic E-state index is 11.8. The van der Waals surface area contributed by atoms with E-state index < -0.39 is 23.7 Å². The first-order chi connectivity index (χ1) is 11.1. The summed E-state index contributed by atoms with van der Waals surface area (Å²) < 4.78 is 10.7. The first kappa shape index (κ1) is 19.8. The van der Waals surface area contributed by atoms with Crippen LogP contribution in [0.1, 0.15) is 40.2 Å². The molecule has 1 atom stereocenters. The summed E-state index contributed by atoms with van der Waals surface area (Å²) in [6.07, 6.45) is -0.578. The molecular weight excluding hydrogens is 310 g/mol. The van der Waals surface area contributed by atoms with Gasteiger partial charge in [-0.15, -0.1) is 0 Å². The van der Waals surface area contributed by atoms with Gasteiger partial charge in [0.15, 0.2) is 0 Å². The Balaban J connectivity index is 2.65. The summed E-state index contributed by atoms with van der Waals surface area (Å²) >= 11 is 0. The van der Waals surface area contributed by atoms with Gasteiger partial charge in [-0.05, 0) is 44.4 Å². The van der Waals surface area contributed by atoms with E-state index in [1.807, 2.05) is 0 Å². The number of hydrogen-bond donors (Lipinski definition) is 2. The number of amides is 1. The average molecular weight is 337 g/mol. The number of carboxylic acid groups (broad SMARTS) is 1. The molecule has 0 aliphatic heterocycles. The second-order valence-corrected chi connectivity index (χ2v) is 7.09. The van der Waals surface area contributed by atoms with Gasteiger partial charge in [-0.2, -0.15) is 0 Å². The molecule has 0 saturated carbocycles. The zero-order valence-corrected chi connectivity index (χ0v) is 15.0. The number of carbonyl (C=O) groups is 2. The second kappa shape index (κ2) is 8.57. The third-order valence-corrected chi connectivity index (χ3v) is 2.94. The first-order valence-electron chi connectivity index (χ1n) is 8.01. The molecule has 1 rings (SSSR count). The minimum absolute atomic E-state index is 0.166. The number of hydrogen-bond acceptors (Lipinski definition) is 4. The third-order valence-electron chi connectivity index (χ3n) is 2.94. The summed E-state index contributed by atoms with van der Waals surface area (Å²) in [6, 6.07) is 6.13. The van der Waals surface area contributed by atoms with E-state index in [1.54, 1.807) is 45.0 Å². The highest BCUT2D eigenvalue weighted by Gasteiger charge is 2.24. The molecule has 0 radical (unpaired) electrons. The molecule has 134 valence electrons. The summed E-state index contributed by atoms with van der Waals surface area (Å²) in [6.45, 7) is 9.91. The van der Waals surface area contributed by atoms with Gasteiger partial charge in [-0.3, -0.25) is 0 Å². The van der Waals surface area contributed by atoms with E-state index in [2.05, 4.69) is 19.2 Å². The molecule has 0 heterocycles. The highest BCUT2D eigenvalue weighted by molar-refractivity contribution is 5.80. The molecule has 6 heteroatoms. The Morgan fingerprint density at radius 1 is 1.17 bits per heavy atom. The predicted molar refractivity (Wildman–Crippen MR) is 91.3 cm³/mol. The Hall–Kier alpha value is -2.24. The molecule has 0 fully saturated rings. The number of benzene rings is 1. The van der Waals surface area contributed by atoms with Gasteiger partial charge in [0, 0.05) is 6.42 Å². The Morgan fingerprint density at radius 3 is 2.21 bits per heavy atom. The largest absolute Gasteiger partial charge is 0.493 e. The summed E-state index contributed by atoms with van der Waals surface area (Å²) in [7, 11) is 0. The highest BCUT2D eigenvalue weighted by atomic mass is 16.6. The lowest BCUT2D eigenvalue weighted by molar-refractivity contribution is -0.139. The fourth-order valence-corrected chi connectivity index (χ4v) is 1.87. The van der Waals surface area contributed by atoms with Gasteiger partial charge in [0.25, 0.3) is 0 Å². The van der Waals surface area contributed by atoms with Crippen molar-refractivity contribution in [1.82, 2.24) is 5.32 Å². The number of carboxylic acids is 1. The van der Waals surface area contributed by atoms with E-state index >= 15 is 0 Å². The van der Waals surface area contributed by atoms with Crippen LogP contribution in [-0.4, -0.2) is 35.4 Å². The van der Waals surface area contributed by atoms with E-state index in [0.29, 0.717) is 12.5 Å². The van der Waals surface area contributed by atoms with Crippen LogP contribution in [0.5, 0.6) is 5.75 Å². The maximum Gasteiger partial charge on any atom is 0.408 e. The SMILES string of the molecule is CC(C)COc1ccc(C[C@H](NC(=O)OC(C)(C)C)C(=O)O)cc1. The lowest BCUT2D eigenvalue weighted by atomic mass is 10.1. The van der Waals surface area contributed by atoms with Gasteiger partial charge in [-0.25, -0.2) is 9.59 Å². The van der Waals surface area contributed by atoms with Gasteiger partial charge in [0.2, 0.25) is 0 Å². The summed E-state index contributed by atoms with van der Waals surface area (Å²) in [4.78, 5) is 23.1. The van der Waals surface area contributed by atoms with E-state index in [1.165, 1.54) is 0 Å². The van der Waals surface area contributed by atoms with Gasteiger partial charge >= 0.3 is 12.1 Å². The third kappa shape index (κ3) is 7.85. The Kier molecular flexibility index (Phi) is 7.07. The predicted octanol–water partition coefficient (Wildman–Crippen LogP) is 3.24. The van der Waals surface area contributed by atoms with Crippen LogP contribution < -0.4 is 10.1 Å². The van der Waals surface area contributed by atoms with Crippen molar-refractivity contribution in [3.63, 3.8) is 0 Å². The van der Waals surface area contributed by atoms with Crippen LogP contribution in [0, 0.1) is 5.92 Å². The quantitative estimate of drug-likeness (QED) is 0.798. The molecule has 1 amide bonds. The molecule has 2 N–H and O–H groups in total. The van der Waals surface area contributed by atoms with Crippen LogP contribution in [0.15, 0.2) is 24.3 Å². The smallest absolute Gasteiger partial charge is 0.408 e. The van der Waals surface area contributed by atoms with Crippen LogP contribution in [0.4, 0.5) is 4.79 Å². The van der Waals surface area contributed by atoms with Gasteiger partial charge in [0.05, 0.1) is 6.61 Å². The van der Waals surface area contributed by atoms with Crippen LogP contribution >= 0.6 is 0 Å². The lowest BCUT2D eigenvalue weighted by Gasteiger charge is -2.22. The topological polar surface area (TPSA) is 84.9 Å². The average Bonchev–Trinajstić information content (AvgIpc) is 2.43. The zero-order chi connectivity index (χ0) is 18.3. The zero-order valence-electron chi connectivity index (χ0n) is 15.0.